The fourth-order valence-corrected chi connectivity index (χ4v) is 6.26. The Balaban J connectivity index is 1.69. The number of carbonyl (C=O) groups excluding carboxylic acids is 3. The summed E-state index contributed by atoms with van der Waals surface area (Å²) in [6.07, 6.45) is -4.85. The average molecular weight is 657 g/mol. The molecule has 11 heteroatoms. The summed E-state index contributed by atoms with van der Waals surface area (Å²) in [6, 6.07) is 19.7. The molecule has 10 atom stereocenters. The normalized spacial score (nSPS) is 32.3. The van der Waals surface area contributed by atoms with E-state index in [4.69, 9.17) is 37.9 Å². The SMILES string of the molecule is CCC1O[C@](C)(O[C@@H]2OC(COC(C)=O)[C@@H](OC(C)=O)C(OC(C)=O)C2C)C(OCc2ccccc2)[C@@H](OCc2ccccc2)[C@H]1C. The summed E-state index contributed by atoms with van der Waals surface area (Å²) in [7, 11) is 0. The van der Waals surface area contributed by atoms with E-state index in [0.29, 0.717) is 13.0 Å². The fourth-order valence-electron chi connectivity index (χ4n) is 6.26. The number of benzene rings is 2. The third kappa shape index (κ3) is 9.61. The van der Waals surface area contributed by atoms with Crippen LogP contribution in [0.15, 0.2) is 60.7 Å². The lowest BCUT2D eigenvalue weighted by Gasteiger charge is -2.53. The van der Waals surface area contributed by atoms with Crippen LogP contribution in [0.2, 0.25) is 0 Å². The van der Waals surface area contributed by atoms with Crippen LogP contribution in [0, 0.1) is 11.8 Å². The molecular weight excluding hydrogens is 608 g/mol. The van der Waals surface area contributed by atoms with E-state index in [0.717, 1.165) is 11.1 Å². The van der Waals surface area contributed by atoms with Crippen molar-refractivity contribution in [1.82, 2.24) is 0 Å². The van der Waals surface area contributed by atoms with Gasteiger partial charge < -0.3 is 37.9 Å². The van der Waals surface area contributed by atoms with Crippen LogP contribution in [-0.4, -0.2) is 73.2 Å². The molecule has 2 saturated heterocycles. The highest BCUT2D eigenvalue weighted by molar-refractivity contribution is 5.67. The van der Waals surface area contributed by atoms with Crippen LogP contribution < -0.4 is 0 Å². The zero-order valence-electron chi connectivity index (χ0n) is 28.3. The highest BCUT2D eigenvalue weighted by atomic mass is 16.8. The van der Waals surface area contributed by atoms with Crippen molar-refractivity contribution >= 4 is 17.9 Å². The second-order valence-corrected chi connectivity index (χ2v) is 12.4. The predicted octanol–water partition coefficient (Wildman–Crippen LogP) is 5.12. The van der Waals surface area contributed by atoms with Crippen LogP contribution in [0.3, 0.4) is 0 Å². The topological polar surface area (TPSA) is 125 Å². The Morgan fingerprint density at radius 3 is 1.81 bits per heavy atom. The molecule has 2 fully saturated rings. The Morgan fingerprint density at radius 1 is 0.723 bits per heavy atom. The zero-order valence-corrected chi connectivity index (χ0v) is 28.3. The van der Waals surface area contributed by atoms with Crippen molar-refractivity contribution in [2.24, 2.45) is 11.8 Å². The van der Waals surface area contributed by atoms with Gasteiger partial charge in [0, 0.05) is 32.6 Å². The third-order valence-corrected chi connectivity index (χ3v) is 8.62. The molecule has 2 aromatic carbocycles. The van der Waals surface area contributed by atoms with Crippen molar-refractivity contribution in [2.45, 2.75) is 117 Å². The van der Waals surface area contributed by atoms with Gasteiger partial charge in [-0.25, -0.2) is 0 Å². The van der Waals surface area contributed by atoms with E-state index in [1.165, 1.54) is 20.8 Å². The van der Waals surface area contributed by atoms with Crippen molar-refractivity contribution in [1.29, 1.82) is 0 Å². The van der Waals surface area contributed by atoms with Gasteiger partial charge in [0.15, 0.2) is 18.2 Å². The number of ether oxygens (including phenoxy) is 8. The van der Waals surface area contributed by atoms with E-state index in [1.807, 2.05) is 67.6 Å². The van der Waals surface area contributed by atoms with Gasteiger partial charge in [-0.05, 0) is 24.5 Å². The lowest BCUT2D eigenvalue weighted by atomic mass is 9.85. The maximum Gasteiger partial charge on any atom is 0.303 e. The molecule has 47 heavy (non-hydrogen) atoms. The van der Waals surface area contributed by atoms with Gasteiger partial charge >= 0.3 is 17.9 Å². The first kappa shape index (κ1) is 36.5. The Hall–Kier alpha value is -3.35. The van der Waals surface area contributed by atoms with Gasteiger partial charge in [0.2, 0.25) is 0 Å². The summed E-state index contributed by atoms with van der Waals surface area (Å²) in [4.78, 5) is 36.1. The molecule has 2 aromatic rings. The summed E-state index contributed by atoms with van der Waals surface area (Å²) in [5.41, 5.74) is 1.98. The van der Waals surface area contributed by atoms with Crippen LogP contribution in [0.5, 0.6) is 0 Å². The maximum atomic E-state index is 12.3. The lowest BCUT2D eigenvalue weighted by molar-refractivity contribution is -0.414. The third-order valence-electron chi connectivity index (χ3n) is 8.62. The van der Waals surface area contributed by atoms with Gasteiger partial charge in [0.05, 0.1) is 25.4 Å². The summed E-state index contributed by atoms with van der Waals surface area (Å²) >= 11 is 0. The first-order valence-corrected chi connectivity index (χ1v) is 16.2. The average Bonchev–Trinajstić information content (AvgIpc) is 3.03. The molecule has 0 amide bonds. The molecular formula is C36H48O11. The molecule has 4 rings (SSSR count). The van der Waals surface area contributed by atoms with Crippen LogP contribution >= 0.6 is 0 Å². The molecule has 0 aromatic heterocycles. The second kappa shape index (κ2) is 16.7. The summed E-state index contributed by atoms with van der Waals surface area (Å²) in [6.45, 7) is 11.8. The minimum absolute atomic E-state index is 0.0651. The van der Waals surface area contributed by atoms with Crippen LogP contribution in [-0.2, 0) is 65.5 Å². The zero-order chi connectivity index (χ0) is 34.1. The van der Waals surface area contributed by atoms with Gasteiger partial charge in [-0.15, -0.1) is 0 Å². The number of carbonyl (C=O) groups is 3. The minimum Gasteiger partial charge on any atom is -0.463 e. The van der Waals surface area contributed by atoms with Crippen LogP contribution in [0.4, 0.5) is 0 Å². The van der Waals surface area contributed by atoms with E-state index < -0.39 is 66.4 Å². The monoisotopic (exact) mass is 656 g/mol. The molecule has 0 spiro atoms. The Labute approximate surface area is 277 Å². The number of hydrogen-bond donors (Lipinski definition) is 0. The fraction of sp³-hybridized carbons (Fsp3) is 0.583. The highest BCUT2D eigenvalue weighted by Gasteiger charge is 2.57. The van der Waals surface area contributed by atoms with Gasteiger partial charge in [-0.1, -0.05) is 81.4 Å². The molecule has 258 valence electrons. The van der Waals surface area contributed by atoms with E-state index >= 15 is 0 Å². The predicted molar refractivity (Wildman–Crippen MR) is 169 cm³/mol. The number of esters is 3. The van der Waals surface area contributed by atoms with E-state index in [-0.39, 0.29) is 25.2 Å². The van der Waals surface area contributed by atoms with Crippen molar-refractivity contribution in [3.05, 3.63) is 71.8 Å². The minimum atomic E-state index is -1.41. The molecule has 0 bridgehead atoms. The smallest absolute Gasteiger partial charge is 0.303 e. The molecule has 0 N–H and O–H groups in total. The van der Waals surface area contributed by atoms with Gasteiger partial charge in [-0.3, -0.25) is 14.4 Å². The van der Waals surface area contributed by atoms with Crippen molar-refractivity contribution in [3.8, 4) is 0 Å². The largest absolute Gasteiger partial charge is 0.463 e. The van der Waals surface area contributed by atoms with Crippen LogP contribution in [0.1, 0.15) is 66.0 Å². The van der Waals surface area contributed by atoms with E-state index in [9.17, 15) is 14.4 Å². The first-order chi connectivity index (χ1) is 22.4. The summed E-state index contributed by atoms with van der Waals surface area (Å²) in [5.74, 6) is -3.86. The molecule has 2 heterocycles. The Bertz CT molecular complexity index is 1300. The van der Waals surface area contributed by atoms with Gasteiger partial charge in [0.25, 0.3) is 0 Å². The Kier molecular flexibility index (Phi) is 12.9. The van der Waals surface area contributed by atoms with E-state index in [1.54, 1.807) is 13.8 Å². The van der Waals surface area contributed by atoms with Crippen molar-refractivity contribution in [3.63, 3.8) is 0 Å². The van der Waals surface area contributed by atoms with Gasteiger partial charge in [0.1, 0.15) is 24.9 Å². The summed E-state index contributed by atoms with van der Waals surface area (Å²) in [5, 5.41) is 0. The number of hydrogen-bond acceptors (Lipinski definition) is 11. The molecule has 0 aliphatic carbocycles. The molecule has 5 unspecified atom stereocenters. The molecule has 2 aliphatic rings. The molecule has 2 aliphatic heterocycles. The van der Waals surface area contributed by atoms with Gasteiger partial charge in [-0.2, -0.15) is 0 Å². The lowest BCUT2D eigenvalue weighted by Crippen LogP contribution is -2.66. The quantitative estimate of drug-likeness (QED) is 0.211. The standard InChI is InChI=1S/C36H48O11/c1-8-29-22(2)32(41-19-27-15-11-9-12-16-27)34(42-20-28-17-13-10-14-18-28)36(7,46-29)47-35-23(3)31(43-25(5)38)33(44-26(6)39)30(45-35)21-40-24(4)37/h9-18,22-23,29-35H,8,19-21H2,1-7H3/t22-,23?,29?,30?,31?,32-,33+,34?,35-,36+/m0/s1. The Morgan fingerprint density at radius 2 is 1.28 bits per heavy atom. The van der Waals surface area contributed by atoms with Crippen molar-refractivity contribution < 1.29 is 52.3 Å². The van der Waals surface area contributed by atoms with E-state index in [2.05, 4.69) is 6.92 Å². The second-order valence-electron chi connectivity index (χ2n) is 12.4. The van der Waals surface area contributed by atoms with Crippen LogP contribution in [0.25, 0.3) is 0 Å². The number of rotatable bonds is 13. The molecule has 11 nitrogen and oxygen atoms in total. The molecule has 0 radical (unpaired) electrons. The maximum absolute atomic E-state index is 12.3. The summed E-state index contributed by atoms with van der Waals surface area (Å²) < 4.78 is 49.7. The van der Waals surface area contributed by atoms with Crippen molar-refractivity contribution in [2.75, 3.05) is 6.61 Å². The molecule has 0 saturated carbocycles. The first-order valence-electron chi connectivity index (χ1n) is 16.2. The highest BCUT2D eigenvalue weighted by Crippen LogP contribution is 2.43.